The van der Waals surface area contributed by atoms with Gasteiger partial charge in [-0.05, 0) is 18.3 Å². The number of allylic oxidation sites excluding steroid dienone is 2. The molecule has 0 saturated carbocycles. The normalized spacial score (nSPS) is 30.0. The Labute approximate surface area is 62.1 Å². The number of hydrogen-bond acceptors (Lipinski definition) is 1. The van der Waals surface area contributed by atoms with Crippen LogP contribution < -0.4 is 0 Å². The van der Waals surface area contributed by atoms with Crippen LogP contribution in [-0.2, 0) is 4.79 Å². The lowest BCUT2D eigenvalue weighted by molar-refractivity contribution is -0.112. The number of carbonyl (C=O) groups excluding carboxylic acids is 1. The van der Waals surface area contributed by atoms with Crippen molar-refractivity contribution in [3.8, 4) is 0 Å². The first kappa shape index (κ1) is 7.52. The van der Waals surface area contributed by atoms with Crippen molar-refractivity contribution in [1.29, 1.82) is 0 Å². The van der Waals surface area contributed by atoms with Gasteiger partial charge in [0.25, 0.3) is 0 Å². The molecule has 0 saturated heterocycles. The van der Waals surface area contributed by atoms with Crippen LogP contribution in [0.4, 0.5) is 0 Å². The minimum absolute atomic E-state index is 0.140. The van der Waals surface area contributed by atoms with Gasteiger partial charge < -0.3 is 4.79 Å². The average Bonchev–Trinajstić information content (AvgIpc) is 1.87. The van der Waals surface area contributed by atoms with Crippen LogP contribution in [0.3, 0.4) is 0 Å². The van der Waals surface area contributed by atoms with E-state index in [1.54, 1.807) is 0 Å². The smallest absolute Gasteiger partial charge is 0.127 e. The van der Waals surface area contributed by atoms with E-state index in [9.17, 15) is 4.79 Å². The molecule has 0 aromatic heterocycles. The molecule has 56 valence electrons. The van der Waals surface area contributed by atoms with Gasteiger partial charge in [0.1, 0.15) is 6.29 Å². The van der Waals surface area contributed by atoms with Crippen LogP contribution in [0.2, 0.25) is 0 Å². The third-order valence-corrected chi connectivity index (χ3v) is 2.35. The van der Waals surface area contributed by atoms with Crippen molar-refractivity contribution in [2.75, 3.05) is 0 Å². The van der Waals surface area contributed by atoms with Gasteiger partial charge >= 0.3 is 0 Å². The molecule has 1 rings (SSSR count). The van der Waals surface area contributed by atoms with E-state index in [2.05, 4.69) is 19.9 Å². The lowest BCUT2D eigenvalue weighted by Gasteiger charge is -2.31. The lowest BCUT2D eigenvalue weighted by Crippen LogP contribution is -2.25. The highest BCUT2D eigenvalue weighted by Crippen LogP contribution is 2.35. The molecule has 1 atom stereocenters. The molecular weight excluding hydrogens is 124 g/mol. The number of rotatable bonds is 1. The molecule has 0 radical (unpaired) electrons. The van der Waals surface area contributed by atoms with Crippen molar-refractivity contribution < 1.29 is 4.79 Å². The summed E-state index contributed by atoms with van der Waals surface area (Å²) in [7, 11) is 0. The second kappa shape index (κ2) is 2.57. The molecule has 0 aliphatic heterocycles. The van der Waals surface area contributed by atoms with E-state index in [-0.39, 0.29) is 11.3 Å². The van der Waals surface area contributed by atoms with E-state index >= 15 is 0 Å². The van der Waals surface area contributed by atoms with Gasteiger partial charge in [0.2, 0.25) is 0 Å². The van der Waals surface area contributed by atoms with Crippen LogP contribution in [-0.4, -0.2) is 6.29 Å². The molecule has 1 nitrogen and oxygen atoms in total. The van der Waals surface area contributed by atoms with Crippen molar-refractivity contribution >= 4 is 6.29 Å². The maximum atomic E-state index is 10.5. The standard InChI is InChI=1S/C9H14O/c1-9(2)6-4-3-5-8(9)7-10/h3,5,7-8H,4,6H2,1-2H3. The Bertz CT molecular complexity index is 156. The second-order valence-electron chi connectivity index (χ2n) is 3.62. The topological polar surface area (TPSA) is 17.1 Å². The second-order valence-corrected chi connectivity index (χ2v) is 3.62. The first-order valence-electron chi connectivity index (χ1n) is 3.79. The minimum Gasteiger partial charge on any atom is -0.303 e. The Kier molecular flexibility index (Phi) is 1.93. The lowest BCUT2D eigenvalue weighted by atomic mass is 9.73. The first-order valence-corrected chi connectivity index (χ1v) is 3.79. The summed E-state index contributed by atoms with van der Waals surface area (Å²) in [4.78, 5) is 10.5. The van der Waals surface area contributed by atoms with Gasteiger partial charge in [0.05, 0.1) is 0 Å². The monoisotopic (exact) mass is 138 g/mol. The molecule has 0 N–H and O–H groups in total. The molecule has 10 heavy (non-hydrogen) atoms. The van der Waals surface area contributed by atoms with Gasteiger partial charge in [0, 0.05) is 5.92 Å². The Hall–Kier alpha value is -0.590. The average molecular weight is 138 g/mol. The van der Waals surface area contributed by atoms with Gasteiger partial charge in [-0.2, -0.15) is 0 Å². The Morgan fingerprint density at radius 3 is 2.70 bits per heavy atom. The van der Waals surface area contributed by atoms with Gasteiger partial charge in [-0.3, -0.25) is 0 Å². The quantitative estimate of drug-likeness (QED) is 0.401. The van der Waals surface area contributed by atoms with E-state index in [1.807, 2.05) is 6.08 Å². The molecular formula is C9H14O. The molecule has 0 bridgehead atoms. The van der Waals surface area contributed by atoms with E-state index in [0.29, 0.717) is 0 Å². The number of aldehydes is 1. The largest absolute Gasteiger partial charge is 0.303 e. The summed E-state index contributed by atoms with van der Waals surface area (Å²) in [5, 5.41) is 0. The minimum atomic E-state index is 0.140. The molecule has 1 unspecified atom stereocenters. The molecule has 0 spiro atoms. The van der Waals surface area contributed by atoms with Crippen molar-refractivity contribution in [3.05, 3.63) is 12.2 Å². The zero-order valence-electron chi connectivity index (χ0n) is 6.63. The highest BCUT2D eigenvalue weighted by atomic mass is 16.1. The van der Waals surface area contributed by atoms with Crippen molar-refractivity contribution in [2.45, 2.75) is 26.7 Å². The van der Waals surface area contributed by atoms with Gasteiger partial charge in [-0.15, -0.1) is 0 Å². The molecule has 1 aliphatic carbocycles. The molecule has 1 aliphatic rings. The van der Waals surface area contributed by atoms with Gasteiger partial charge in [-0.25, -0.2) is 0 Å². The van der Waals surface area contributed by atoms with Crippen LogP contribution in [0.15, 0.2) is 12.2 Å². The van der Waals surface area contributed by atoms with Crippen molar-refractivity contribution in [1.82, 2.24) is 0 Å². The molecule has 0 fully saturated rings. The third kappa shape index (κ3) is 1.28. The molecule has 0 heterocycles. The van der Waals surface area contributed by atoms with Crippen LogP contribution >= 0.6 is 0 Å². The Morgan fingerprint density at radius 1 is 1.60 bits per heavy atom. The fraction of sp³-hybridized carbons (Fsp3) is 0.667. The molecule has 0 amide bonds. The summed E-state index contributed by atoms with van der Waals surface area (Å²) in [5.74, 6) is 0.140. The molecule has 1 heteroatoms. The summed E-state index contributed by atoms with van der Waals surface area (Å²) in [6.07, 6.45) is 7.43. The summed E-state index contributed by atoms with van der Waals surface area (Å²) in [5.41, 5.74) is 0.191. The van der Waals surface area contributed by atoms with E-state index in [1.165, 1.54) is 0 Å². The Morgan fingerprint density at radius 2 is 2.30 bits per heavy atom. The maximum Gasteiger partial charge on any atom is 0.127 e. The highest BCUT2D eigenvalue weighted by molar-refractivity contribution is 5.58. The summed E-state index contributed by atoms with van der Waals surface area (Å²) < 4.78 is 0. The van der Waals surface area contributed by atoms with Gasteiger partial charge in [-0.1, -0.05) is 26.0 Å². The fourth-order valence-corrected chi connectivity index (χ4v) is 1.35. The van der Waals surface area contributed by atoms with Crippen molar-refractivity contribution in [3.63, 3.8) is 0 Å². The predicted molar refractivity (Wildman–Crippen MR) is 41.7 cm³/mol. The Balaban J connectivity index is 2.75. The van der Waals surface area contributed by atoms with Crippen LogP contribution in [0.25, 0.3) is 0 Å². The fourth-order valence-electron chi connectivity index (χ4n) is 1.35. The highest BCUT2D eigenvalue weighted by Gasteiger charge is 2.28. The first-order chi connectivity index (χ1) is 4.67. The van der Waals surface area contributed by atoms with E-state index in [0.717, 1.165) is 19.1 Å². The zero-order chi connectivity index (χ0) is 7.61. The van der Waals surface area contributed by atoms with E-state index < -0.39 is 0 Å². The van der Waals surface area contributed by atoms with Gasteiger partial charge in [0.15, 0.2) is 0 Å². The molecule has 0 aromatic rings. The number of carbonyl (C=O) groups is 1. The van der Waals surface area contributed by atoms with Crippen LogP contribution in [0, 0.1) is 11.3 Å². The summed E-state index contributed by atoms with van der Waals surface area (Å²) >= 11 is 0. The van der Waals surface area contributed by atoms with Crippen LogP contribution in [0.1, 0.15) is 26.7 Å². The van der Waals surface area contributed by atoms with Crippen LogP contribution in [0.5, 0.6) is 0 Å². The van der Waals surface area contributed by atoms with Crippen molar-refractivity contribution in [2.24, 2.45) is 11.3 Å². The maximum absolute atomic E-state index is 10.5. The third-order valence-electron chi connectivity index (χ3n) is 2.35. The SMILES string of the molecule is CC1(C)CCC=CC1C=O. The summed E-state index contributed by atoms with van der Waals surface area (Å²) in [6.45, 7) is 4.30. The zero-order valence-corrected chi connectivity index (χ0v) is 6.63. The number of hydrogen-bond donors (Lipinski definition) is 0. The van der Waals surface area contributed by atoms with E-state index in [4.69, 9.17) is 0 Å². The predicted octanol–water partition coefficient (Wildman–Crippen LogP) is 2.18. The summed E-state index contributed by atoms with van der Waals surface area (Å²) in [6, 6.07) is 0. The molecule has 0 aromatic carbocycles.